The van der Waals surface area contributed by atoms with Crippen LogP contribution >= 0.6 is 32.9 Å². The summed E-state index contributed by atoms with van der Waals surface area (Å²) in [5.41, 5.74) is 3.20. The lowest BCUT2D eigenvalue weighted by atomic mass is 10.2. The zero-order chi connectivity index (χ0) is 9.54. The maximum Gasteiger partial charge on any atom is 0.146 e. The minimum absolute atomic E-state index is 0.0432. The van der Waals surface area contributed by atoms with E-state index in [-0.39, 0.29) is 20.7 Å². The van der Waals surface area contributed by atoms with E-state index in [0.717, 1.165) is 11.0 Å². The number of fused-ring (bicyclic) bond motifs is 3. The van der Waals surface area contributed by atoms with E-state index >= 15 is 0 Å². The highest BCUT2D eigenvalue weighted by Crippen LogP contribution is 2.27. The number of pyridine rings is 1. The van der Waals surface area contributed by atoms with Crippen LogP contribution in [-0.2, 0) is 0 Å². The van der Waals surface area contributed by atoms with Gasteiger partial charge in [-0.3, -0.25) is 15.2 Å². The van der Waals surface area contributed by atoms with Crippen molar-refractivity contribution >= 4 is 54.1 Å². The number of hydrogen-bond acceptors (Lipinski definition) is 2. The Morgan fingerprint density at radius 2 is 2.29 bits per heavy atom. The number of hydrogen-bond donors (Lipinski definition) is 2. The van der Waals surface area contributed by atoms with E-state index in [1.54, 1.807) is 0 Å². The van der Waals surface area contributed by atoms with Crippen molar-refractivity contribution in [2.45, 2.75) is 0 Å². The molecule has 2 aromatic heterocycles. The highest BCUT2D eigenvalue weighted by molar-refractivity contribution is 14.2. The number of nitrogens with one attached hydrogen (secondary N) is 2. The van der Waals surface area contributed by atoms with Crippen molar-refractivity contribution < 1.29 is 0 Å². The predicted octanol–water partition coefficient (Wildman–Crippen LogP) is 2.59. The first-order chi connectivity index (χ1) is 6.86. The molecule has 2 N–H and O–H groups in total. The summed E-state index contributed by atoms with van der Waals surface area (Å²) in [6.45, 7) is 0. The predicted molar refractivity (Wildman–Crippen MR) is 69.1 cm³/mol. The molecule has 3 nitrogen and oxygen atoms in total. The zero-order valence-corrected chi connectivity index (χ0v) is 10.0. The van der Waals surface area contributed by atoms with Crippen LogP contribution < -0.4 is 0 Å². The smallest absolute Gasteiger partial charge is 0.146 e. The molecule has 3 heterocycles. The highest BCUT2D eigenvalue weighted by Gasteiger charge is 2.09. The molecule has 0 aromatic carbocycles. The molecule has 0 saturated carbocycles. The molecule has 2 aromatic rings. The van der Waals surface area contributed by atoms with Gasteiger partial charge in [0.2, 0.25) is 0 Å². The molecule has 0 spiro atoms. The summed E-state index contributed by atoms with van der Waals surface area (Å²) in [5, 5.41) is 6.03. The lowest BCUT2D eigenvalue weighted by molar-refractivity contribution is 1.10. The van der Waals surface area contributed by atoms with Gasteiger partial charge in [-0.2, -0.15) is 0 Å². The van der Waals surface area contributed by atoms with E-state index in [4.69, 9.17) is 12.2 Å². The Labute approximate surface area is 95.0 Å². The van der Waals surface area contributed by atoms with Gasteiger partial charge < -0.3 is 0 Å². The van der Waals surface area contributed by atoms with Crippen molar-refractivity contribution in [2.75, 3.05) is 0 Å². The lowest BCUT2D eigenvalue weighted by Gasteiger charge is -2.03. The van der Waals surface area contributed by atoms with Gasteiger partial charge in [-0.05, 0) is 4.01 Å². The molecular weight excluding hydrogens is 309 g/mol. The van der Waals surface area contributed by atoms with E-state index in [2.05, 4.69) is 31.3 Å². The van der Waals surface area contributed by atoms with E-state index < -0.39 is 0 Å². The summed E-state index contributed by atoms with van der Waals surface area (Å²) >= 11 is 5.08. The first-order valence-electron chi connectivity index (χ1n) is 4.09. The van der Waals surface area contributed by atoms with E-state index in [9.17, 15) is 0 Å². The minimum atomic E-state index is -0.0432. The first kappa shape index (κ1) is 8.49. The van der Waals surface area contributed by atoms with Gasteiger partial charge in [0, 0.05) is 15.3 Å². The molecule has 0 atom stereocenters. The second-order valence-electron chi connectivity index (χ2n) is 2.92. The maximum absolute atomic E-state index is 5.13. The molecule has 5 heteroatoms. The number of H-pyrrole nitrogens is 2. The molecule has 70 valence electrons. The summed E-state index contributed by atoms with van der Waals surface area (Å²) in [6, 6.07) is 0. The van der Waals surface area contributed by atoms with Crippen LogP contribution in [0.25, 0.3) is 17.1 Å². The fourth-order valence-corrected chi connectivity index (χ4v) is 3.80. The Morgan fingerprint density at radius 3 is 3.21 bits per heavy atom. The maximum atomic E-state index is 5.13. The average Bonchev–Trinajstić information content (AvgIpc) is 2.61. The Hall–Kier alpha value is -0.820. The fourth-order valence-electron chi connectivity index (χ4n) is 1.44. The Kier molecular flexibility index (Phi) is 1.88. The average molecular weight is 315 g/mol. The van der Waals surface area contributed by atoms with Crippen molar-refractivity contribution in [1.82, 2.24) is 15.2 Å². The standard InChI is InChI=1S/C9H6IN3S/c14-9-8-7(12-13-9)6-5(4-11-8)2-1-3-10-6/h1-4H,(H2,12,13,14). The minimum Gasteiger partial charge on any atom is -0.297 e. The third-order valence-corrected chi connectivity index (χ3v) is 4.93. The molecule has 0 unspecified atom stereocenters. The lowest BCUT2D eigenvalue weighted by Crippen LogP contribution is -1.89. The second kappa shape index (κ2) is 3.09. The third-order valence-electron chi connectivity index (χ3n) is 2.08. The van der Waals surface area contributed by atoms with E-state index in [1.807, 2.05) is 6.20 Å². The van der Waals surface area contributed by atoms with Gasteiger partial charge in [-0.15, -0.1) is 0 Å². The molecular formula is C9H6IN3S. The van der Waals surface area contributed by atoms with Crippen molar-refractivity contribution in [2.24, 2.45) is 0 Å². The van der Waals surface area contributed by atoms with Crippen LogP contribution in [0.1, 0.15) is 5.56 Å². The molecule has 1 aliphatic heterocycles. The molecule has 1 aliphatic rings. The van der Waals surface area contributed by atoms with Crippen LogP contribution in [0.3, 0.4) is 0 Å². The van der Waals surface area contributed by atoms with Crippen LogP contribution in [0.4, 0.5) is 0 Å². The molecule has 3 rings (SSSR count). The van der Waals surface area contributed by atoms with E-state index in [1.165, 1.54) is 9.13 Å². The van der Waals surface area contributed by atoms with Crippen LogP contribution in [0.5, 0.6) is 0 Å². The Morgan fingerprint density at radius 1 is 1.36 bits per heavy atom. The highest BCUT2D eigenvalue weighted by atomic mass is 127. The number of halogens is 1. The Balaban J connectivity index is 2.54. The molecule has 0 fully saturated rings. The zero-order valence-electron chi connectivity index (χ0n) is 7.04. The van der Waals surface area contributed by atoms with Crippen LogP contribution in [-0.4, -0.2) is 19.2 Å². The van der Waals surface area contributed by atoms with Gasteiger partial charge in [-0.25, -0.2) is 0 Å². The molecule has 0 bridgehead atoms. The molecule has 0 saturated heterocycles. The van der Waals surface area contributed by atoms with Gasteiger partial charge in [0.1, 0.15) is 10.2 Å². The number of aromatic nitrogens is 3. The van der Waals surface area contributed by atoms with Crippen molar-refractivity contribution in [1.29, 1.82) is 0 Å². The topological polar surface area (TPSA) is 44.5 Å². The molecule has 0 radical (unpaired) electrons. The van der Waals surface area contributed by atoms with Gasteiger partial charge >= 0.3 is 0 Å². The third kappa shape index (κ3) is 1.12. The summed E-state index contributed by atoms with van der Waals surface area (Å²) in [4.78, 5) is 4.34. The number of allylic oxidation sites excluding steroid dienone is 1. The molecule has 0 amide bonds. The van der Waals surface area contributed by atoms with Crippen molar-refractivity contribution in [3.05, 3.63) is 26.0 Å². The second-order valence-corrected chi connectivity index (χ2v) is 5.75. The van der Waals surface area contributed by atoms with Gasteiger partial charge in [0.05, 0.1) is 5.52 Å². The van der Waals surface area contributed by atoms with Crippen molar-refractivity contribution in [3.8, 4) is 0 Å². The summed E-state index contributed by atoms with van der Waals surface area (Å²) in [7, 11) is 0. The van der Waals surface area contributed by atoms with Crippen LogP contribution in [0.15, 0.2) is 12.3 Å². The molecule has 0 aliphatic carbocycles. The van der Waals surface area contributed by atoms with Gasteiger partial charge in [0.25, 0.3) is 0 Å². The number of aromatic amines is 2. The fraction of sp³-hybridized carbons (Fsp3) is 0. The summed E-state index contributed by atoms with van der Waals surface area (Å²) in [5.74, 6) is 0. The molecule has 14 heavy (non-hydrogen) atoms. The van der Waals surface area contributed by atoms with Gasteiger partial charge in [0.15, 0.2) is 0 Å². The Bertz CT molecular complexity index is 621. The largest absolute Gasteiger partial charge is 0.297 e. The van der Waals surface area contributed by atoms with Crippen molar-refractivity contribution in [3.63, 3.8) is 0 Å². The van der Waals surface area contributed by atoms with Crippen LogP contribution in [0, 0.1) is 8.21 Å². The summed E-state index contributed by atoms with van der Waals surface area (Å²) in [6.07, 6.45) is 6.09. The van der Waals surface area contributed by atoms with Crippen LogP contribution in [0.2, 0.25) is 0 Å². The first-order valence-corrected chi connectivity index (χ1v) is 6.82. The SMILES string of the molecule is S=c1[nH][nH]c2c3c(cnc12)C=CC=I3. The monoisotopic (exact) mass is 315 g/mol. The summed E-state index contributed by atoms with van der Waals surface area (Å²) < 4.78 is 4.31. The van der Waals surface area contributed by atoms with Gasteiger partial charge in [-0.1, -0.05) is 45.1 Å². The number of rotatable bonds is 0. The number of nitrogens with zero attached hydrogens (tertiary/aromatic N) is 1. The van der Waals surface area contributed by atoms with E-state index in [0.29, 0.717) is 4.64 Å². The normalized spacial score (nSPS) is 14.0. The quantitative estimate of drug-likeness (QED) is 0.580.